The lowest BCUT2D eigenvalue weighted by Crippen LogP contribution is -1.90. The van der Waals surface area contributed by atoms with Crippen LogP contribution in [0.1, 0.15) is 5.56 Å². The van der Waals surface area contributed by atoms with Crippen molar-refractivity contribution in [3.63, 3.8) is 0 Å². The Hall–Kier alpha value is -1.14. The Kier molecular flexibility index (Phi) is 3.17. The lowest BCUT2D eigenvalue weighted by molar-refractivity contribution is 0.627. The van der Waals surface area contributed by atoms with Gasteiger partial charge in [-0.1, -0.05) is 11.8 Å². The van der Waals surface area contributed by atoms with Gasteiger partial charge in [0.1, 0.15) is 12.1 Å². The van der Waals surface area contributed by atoms with Gasteiger partial charge in [0.2, 0.25) is 0 Å². The van der Waals surface area contributed by atoms with E-state index >= 15 is 0 Å². The van der Waals surface area contributed by atoms with Crippen LogP contribution >= 0.6 is 23.3 Å². The van der Waals surface area contributed by atoms with Gasteiger partial charge >= 0.3 is 0 Å². The van der Waals surface area contributed by atoms with E-state index in [0.29, 0.717) is 11.4 Å². The molecule has 0 aliphatic rings. The normalized spacial score (nSPS) is 10.5. The summed E-state index contributed by atoms with van der Waals surface area (Å²) >= 11 is 2.85. The summed E-state index contributed by atoms with van der Waals surface area (Å²) < 4.78 is 17.7. The Morgan fingerprint density at radius 3 is 2.93 bits per heavy atom. The van der Waals surface area contributed by atoms with Crippen LogP contribution in [0.4, 0.5) is 10.1 Å². The molecule has 15 heavy (non-hydrogen) atoms. The molecule has 3 nitrogen and oxygen atoms in total. The average molecular weight is 241 g/mol. The first-order chi connectivity index (χ1) is 7.24. The minimum atomic E-state index is -0.303. The molecule has 1 aromatic carbocycles. The van der Waals surface area contributed by atoms with Gasteiger partial charge in [0, 0.05) is 11.4 Å². The van der Waals surface area contributed by atoms with E-state index in [1.165, 1.54) is 41.8 Å². The molecule has 2 N–H and O–H groups in total. The highest BCUT2D eigenvalue weighted by atomic mass is 32.2. The minimum Gasteiger partial charge on any atom is -0.399 e. The largest absolute Gasteiger partial charge is 0.399 e. The molecule has 2 aromatic rings. The van der Waals surface area contributed by atoms with E-state index in [2.05, 4.69) is 9.36 Å². The van der Waals surface area contributed by atoms with Crippen LogP contribution in [0, 0.1) is 5.82 Å². The van der Waals surface area contributed by atoms with Crippen molar-refractivity contribution in [2.45, 2.75) is 10.1 Å². The first-order valence-electron chi connectivity index (χ1n) is 4.18. The Bertz CT molecular complexity index is 424. The van der Waals surface area contributed by atoms with Crippen molar-refractivity contribution >= 4 is 29.0 Å². The first-order valence-corrected chi connectivity index (χ1v) is 5.94. The number of thioether (sulfide) groups is 1. The zero-order valence-corrected chi connectivity index (χ0v) is 9.32. The van der Waals surface area contributed by atoms with Gasteiger partial charge in [0.15, 0.2) is 4.34 Å². The molecule has 1 heterocycles. The van der Waals surface area contributed by atoms with E-state index in [1.807, 2.05) is 0 Å². The predicted octanol–water partition coefficient (Wildman–Crippen LogP) is 2.55. The molecule has 0 unspecified atom stereocenters. The van der Waals surface area contributed by atoms with Gasteiger partial charge in [0.25, 0.3) is 0 Å². The van der Waals surface area contributed by atoms with Gasteiger partial charge in [0.05, 0.1) is 0 Å². The summed E-state index contributed by atoms with van der Waals surface area (Å²) in [7, 11) is 0. The number of nitrogens with two attached hydrogens (primary N) is 1. The van der Waals surface area contributed by atoms with Crippen LogP contribution in [0.3, 0.4) is 0 Å². The Morgan fingerprint density at radius 2 is 2.27 bits per heavy atom. The number of nitrogens with zero attached hydrogens (tertiary/aromatic N) is 2. The number of nitrogen functional groups attached to an aromatic ring is 1. The van der Waals surface area contributed by atoms with Crippen molar-refractivity contribution in [1.82, 2.24) is 9.36 Å². The molecule has 0 radical (unpaired) electrons. The average Bonchev–Trinajstić information content (AvgIpc) is 2.65. The van der Waals surface area contributed by atoms with Crippen LogP contribution in [0.15, 0.2) is 28.9 Å². The summed E-state index contributed by atoms with van der Waals surface area (Å²) in [6, 6.07) is 4.54. The SMILES string of the molecule is Nc1cc(F)cc(CSc2ncns2)c1. The molecular weight excluding hydrogens is 233 g/mol. The maximum absolute atomic E-state index is 13.0. The smallest absolute Gasteiger partial charge is 0.170 e. The van der Waals surface area contributed by atoms with Crippen LogP contribution in [-0.2, 0) is 5.75 Å². The second-order valence-electron chi connectivity index (χ2n) is 2.89. The number of anilines is 1. The summed E-state index contributed by atoms with van der Waals surface area (Å²) in [6.45, 7) is 0. The summed E-state index contributed by atoms with van der Waals surface area (Å²) in [5.41, 5.74) is 6.84. The van der Waals surface area contributed by atoms with E-state index in [1.54, 1.807) is 6.07 Å². The van der Waals surface area contributed by atoms with Crippen molar-refractivity contribution in [1.29, 1.82) is 0 Å². The summed E-state index contributed by atoms with van der Waals surface area (Å²) in [5.74, 6) is 0.347. The topological polar surface area (TPSA) is 51.8 Å². The maximum atomic E-state index is 13.0. The van der Waals surface area contributed by atoms with Crippen molar-refractivity contribution in [2.75, 3.05) is 5.73 Å². The van der Waals surface area contributed by atoms with Crippen molar-refractivity contribution in [3.05, 3.63) is 35.9 Å². The van der Waals surface area contributed by atoms with Gasteiger partial charge in [-0.05, 0) is 35.3 Å². The molecule has 0 aliphatic heterocycles. The van der Waals surface area contributed by atoms with Gasteiger partial charge in [-0.3, -0.25) is 0 Å². The highest BCUT2D eigenvalue weighted by Crippen LogP contribution is 2.24. The second kappa shape index (κ2) is 4.59. The number of benzene rings is 1. The molecular formula is C9H8FN3S2. The lowest BCUT2D eigenvalue weighted by Gasteiger charge is -2.01. The predicted molar refractivity (Wildman–Crippen MR) is 60.3 cm³/mol. The van der Waals surface area contributed by atoms with Gasteiger partial charge in [-0.2, -0.15) is 4.37 Å². The molecule has 0 saturated carbocycles. The van der Waals surface area contributed by atoms with E-state index in [4.69, 9.17) is 5.73 Å². The third kappa shape index (κ3) is 2.90. The van der Waals surface area contributed by atoms with E-state index in [0.717, 1.165) is 9.90 Å². The van der Waals surface area contributed by atoms with Crippen LogP contribution < -0.4 is 5.73 Å². The fraction of sp³-hybridized carbons (Fsp3) is 0.111. The summed E-state index contributed by atoms with van der Waals surface area (Å²) in [4.78, 5) is 4.02. The minimum absolute atomic E-state index is 0.303. The van der Waals surface area contributed by atoms with Crippen LogP contribution in [0.25, 0.3) is 0 Å². The standard InChI is InChI=1S/C9H8FN3S2/c10-7-1-6(2-8(11)3-7)4-14-9-12-5-13-15-9/h1-3,5H,4,11H2. The number of hydrogen-bond acceptors (Lipinski definition) is 5. The molecule has 0 bridgehead atoms. The van der Waals surface area contributed by atoms with E-state index < -0.39 is 0 Å². The highest BCUT2D eigenvalue weighted by molar-refractivity contribution is 8.00. The van der Waals surface area contributed by atoms with Crippen LogP contribution in [-0.4, -0.2) is 9.36 Å². The third-order valence-electron chi connectivity index (χ3n) is 1.68. The van der Waals surface area contributed by atoms with Crippen molar-refractivity contribution < 1.29 is 4.39 Å². The van der Waals surface area contributed by atoms with Gasteiger partial charge in [-0.15, -0.1) is 0 Å². The molecule has 0 saturated heterocycles. The number of halogens is 1. The molecule has 0 aliphatic carbocycles. The van der Waals surface area contributed by atoms with Gasteiger partial charge < -0.3 is 5.73 Å². The molecule has 0 amide bonds. The zero-order chi connectivity index (χ0) is 10.7. The Morgan fingerprint density at radius 1 is 1.40 bits per heavy atom. The Labute approximate surface area is 94.7 Å². The molecule has 78 valence electrons. The lowest BCUT2D eigenvalue weighted by atomic mass is 10.2. The first kappa shape index (κ1) is 10.4. The quantitative estimate of drug-likeness (QED) is 0.662. The third-order valence-corrected chi connectivity index (χ3v) is 3.55. The van der Waals surface area contributed by atoms with Crippen molar-refractivity contribution in [2.24, 2.45) is 0 Å². The van der Waals surface area contributed by atoms with E-state index in [9.17, 15) is 4.39 Å². The highest BCUT2D eigenvalue weighted by Gasteiger charge is 2.02. The van der Waals surface area contributed by atoms with Crippen LogP contribution in [0.2, 0.25) is 0 Å². The molecule has 0 fully saturated rings. The molecule has 0 atom stereocenters. The number of hydrogen-bond donors (Lipinski definition) is 1. The zero-order valence-electron chi connectivity index (χ0n) is 7.68. The van der Waals surface area contributed by atoms with Gasteiger partial charge in [-0.25, -0.2) is 9.37 Å². The number of aromatic nitrogens is 2. The fourth-order valence-corrected chi connectivity index (χ4v) is 2.50. The molecule has 2 rings (SSSR count). The second-order valence-corrected chi connectivity index (χ2v) is 4.89. The monoisotopic (exact) mass is 241 g/mol. The molecule has 1 aromatic heterocycles. The van der Waals surface area contributed by atoms with Crippen molar-refractivity contribution in [3.8, 4) is 0 Å². The van der Waals surface area contributed by atoms with E-state index in [-0.39, 0.29) is 5.82 Å². The number of rotatable bonds is 3. The maximum Gasteiger partial charge on any atom is 0.170 e. The summed E-state index contributed by atoms with van der Waals surface area (Å²) in [5, 5.41) is 0. The van der Waals surface area contributed by atoms with Crippen LogP contribution in [0.5, 0.6) is 0 Å². The fourth-order valence-electron chi connectivity index (χ4n) is 1.13. The summed E-state index contributed by atoms with van der Waals surface area (Å²) in [6.07, 6.45) is 1.51. The Balaban J connectivity index is 2.05. The molecule has 6 heteroatoms. The molecule has 0 spiro atoms.